The number of rotatable bonds is 7. The number of nitrogens with zero attached hydrogens (tertiary/aromatic N) is 1. The van der Waals surface area contributed by atoms with E-state index >= 15 is 0 Å². The molecule has 0 aromatic heterocycles. The van der Waals surface area contributed by atoms with Gasteiger partial charge in [-0.15, -0.1) is 0 Å². The molecule has 0 atom stereocenters. The van der Waals surface area contributed by atoms with Gasteiger partial charge >= 0.3 is 0 Å². The molecule has 3 N–H and O–H groups in total. The minimum Gasteiger partial charge on any atom is -0.495 e. The van der Waals surface area contributed by atoms with Crippen LogP contribution >= 0.6 is 0 Å². The molecule has 0 bridgehead atoms. The lowest BCUT2D eigenvalue weighted by atomic mass is 10.2. The van der Waals surface area contributed by atoms with Crippen LogP contribution in [0.4, 0.5) is 17.1 Å². The number of nitro groups is 1. The van der Waals surface area contributed by atoms with E-state index < -0.39 is 4.92 Å². The Kier molecular flexibility index (Phi) is 6.10. The second-order valence-electron chi connectivity index (χ2n) is 5.20. The Bertz CT molecular complexity index is 838. The van der Waals surface area contributed by atoms with Gasteiger partial charge in [0.1, 0.15) is 5.75 Å². The summed E-state index contributed by atoms with van der Waals surface area (Å²) in [7, 11) is 2.95. The molecular weight excluding hydrogens is 340 g/mol. The lowest BCUT2D eigenvalue weighted by Crippen LogP contribution is -2.22. The number of benzene rings is 2. The summed E-state index contributed by atoms with van der Waals surface area (Å²) in [5.74, 6) is -0.266. The fourth-order valence-electron chi connectivity index (χ4n) is 2.21. The molecule has 0 saturated carbocycles. The summed E-state index contributed by atoms with van der Waals surface area (Å²) in [4.78, 5) is 34.1. The predicted molar refractivity (Wildman–Crippen MR) is 96.6 cm³/mol. The van der Waals surface area contributed by atoms with Crippen molar-refractivity contribution in [3.8, 4) is 5.75 Å². The average molecular weight is 358 g/mol. The van der Waals surface area contributed by atoms with Crippen LogP contribution in [-0.4, -0.2) is 37.4 Å². The highest BCUT2D eigenvalue weighted by Crippen LogP contribution is 2.28. The number of carbonyl (C=O) groups is 2. The van der Waals surface area contributed by atoms with Gasteiger partial charge in [-0.05, 0) is 24.3 Å². The zero-order chi connectivity index (χ0) is 19.1. The van der Waals surface area contributed by atoms with Crippen molar-refractivity contribution in [1.29, 1.82) is 0 Å². The third-order valence-electron chi connectivity index (χ3n) is 3.47. The van der Waals surface area contributed by atoms with Crippen molar-refractivity contribution in [2.75, 3.05) is 31.3 Å². The molecule has 0 unspecified atom stereocenters. The number of hydrogen-bond acceptors (Lipinski definition) is 6. The Balaban J connectivity index is 2.04. The van der Waals surface area contributed by atoms with Crippen LogP contribution in [0.25, 0.3) is 0 Å². The molecule has 9 nitrogen and oxygen atoms in total. The molecule has 26 heavy (non-hydrogen) atoms. The van der Waals surface area contributed by atoms with E-state index in [2.05, 4.69) is 16.0 Å². The van der Waals surface area contributed by atoms with E-state index in [4.69, 9.17) is 4.74 Å². The van der Waals surface area contributed by atoms with Gasteiger partial charge in [0.25, 0.3) is 11.6 Å². The highest BCUT2D eigenvalue weighted by molar-refractivity contribution is 5.98. The Morgan fingerprint density at radius 2 is 1.96 bits per heavy atom. The molecule has 0 fully saturated rings. The van der Waals surface area contributed by atoms with Crippen molar-refractivity contribution in [3.63, 3.8) is 0 Å². The Labute approximate surface area is 149 Å². The molecular formula is C17H18N4O5. The molecule has 2 aromatic rings. The van der Waals surface area contributed by atoms with Gasteiger partial charge < -0.3 is 20.7 Å². The number of carbonyl (C=O) groups excluding carboxylic acids is 2. The SMILES string of the molecule is CNC(=O)c1cccc(NC(=O)CNc2cc([N+](=O)[O-])ccc2OC)c1. The number of hydrogen-bond donors (Lipinski definition) is 3. The van der Waals surface area contributed by atoms with Crippen LogP contribution in [0.5, 0.6) is 5.75 Å². The van der Waals surface area contributed by atoms with E-state index in [1.807, 2.05) is 0 Å². The van der Waals surface area contributed by atoms with E-state index in [0.29, 0.717) is 22.7 Å². The smallest absolute Gasteiger partial charge is 0.271 e. The van der Waals surface area contributed by atoms with E-state index in [1.165, 1.54) is 32.4 Å². The van der Waals surface area contributed by atoms with E-state index in [1.54, 1.807) is 24.3 Å². The van der Waals surface area contributed by atoms with Crippen LogP contribution in [0.1, 0.15) is 10.4 Å². The van der Waals surface area contributed by atoms with Crippen molar-refractivity contribution in [3.05, 3.63) is 58.1 Å². The molecule has 2 amide bonds. The molecule has 136 valence electrons. The van der Waals surface area contributed by atoms with Crippen LogP contribution in [0.15, 0.2) is 42.5 Å². The zero-order valence-corrected chi connectivity index (χ0v) is 14.2. The molecule has 0 aliphatic carbocycles. The van der Waals surface area contributed by atoms with Gasteiger partial charge in [0.05, 0.1) is 24.3 Å². The first-order valence-electron chi connectivity index (χ1n) is 7.63. The van der Waals surface area contributed by atoms with Crippen molar-refractivity contribution in [1.82, 2.24) is 5.32 Å². The van der Waals surface area contributed by atoms with Crippen LogP contribution in [0.2, 0.25) is 0 Å². The first-order chi connectivity index (χ1) is 12.4. The topological polar surface area (TPSA) is 123 Å². The summed E-state index contributed by atoms with van der Waals surface area (Å²) in [5, 5.41) is 18.8. The molecule has 0 radical (unpaired) electrons. The predicted octanol–water partition coefficient (Wildman–Crippen LogP) is 2.01. The number of nitrogens with one attached hydrogen (secondary N) is 3. The number of amides is 2. The highest BCUT2D eigenvalue weighted by atomic mass is 16.6. The maximum atomic E-state index is 12.1. The molecule has 0 aliphatic rings. The fraction of sp³-hybridized carbons (Fsp3) is 0.176. The van der Waals surface area contributed by atoms with Gasteiger partial charge in [0.2, 0.25) is 5.91 Å². The molecule has 0 saturated heterocycles. The normalized spacial score (nSPS) is 9.92. The van der Waals surface area contributed by atoms with Crippen molar-refractivity contribution < 1.29 is 19.2 Å². The number of anilines is 2. The Morgan fingerprint density at radius 3 is 2.62 bits per heavy atom. The minimum atomic E-state index is -0.533. The Morgan fingerprint density at radius 1 is 1.19 bits per heavy atom. The van der Waals surface area contributed by atoms with Gasteiger partial charge in [0.15, 0.2) is 0 Å². The number of ether oxygens (including phenoxy) is 1. The molecule has 2 rings (SSSR count). The van der Waals surface area contributed by atoms with Crippen molar-refractivity contribution >= 4 is 28.9 Å². The van der Waals surface area contributed by atoms with E-state index in [0.717, 1.165) is 0 Å². The molecule has 0 aliphatic heterocycles. The van der Waals surface area contributed by atoms with Crippen LogP contribution in [0, 0.1) is 10.1 Å². The van der Waals surface area contributed by atoms with Crippen molar-refractivity contribution in [2.24, 2.45) is 0 Å². The molecule has 0 heterocycles. The molecule has 0 spiro atoms. The van der Waals surface area contributed by atoms with Gasteiger partial charge in [-0.1, -0.05) is 6.07 Å². The molecule has 2 aromatic carbocycles. The maximum Gasteiger partial charge on any atom is 0.271 e. The third-order valence-corrected chi connectivity index (χ3v) is 3.47. The summed E-state index contributed by atoms with van der Waals surface area (Å²) < 4.78 is 5.12. The summed E-state index contributed by atoms with van der Waals surface area (Å²) in [6.07, 6.45) is 0. The lowest BCUT2D eigenvalue weighted by Gasteiger charge is -2.11. The first-order valence-corrected chi connectivity index (χ1v) is 7.63. The van der Waals surface area contributed by atoms with E-state index in [-0.39, 0.29) is 24.0 Å². The molecule has 9 heteroatoms. The van der Waals surface area contributed by atoms with Crippen molar-refractivity contribution in [2.45, 2.75) is 0 Å². The van der Waals surface area contributed by atoms with Gasteiger partial charge in [-0.25, -0.2) is 0 Å². The third kappa shape index (κ3) is 4.69. The van der Waals surface area contributed by atoms with Crippen LogP contribution < -0.4 is 20.7 Å². The van der Waals surface area contributed by atoms with Crippen LogP contribution in [0.3, 0.4) is 0 Å². The second kappa shape index (κ2) is 8.47. The average Bonchev–Trinajstić information content (AvgIpc) is 2.65. The Hall–Kier alpha value is -3.62. The number of nitro benzene ring substituents is 1. The minimum absolute atomic E-state index is 0.119. The fourth-order valence-corrected chi connectivity index (χ4v) is 2.21. The van der Waals surface area contributed by atoms with E-state index in [9.17, 15) is 19.7 Å². The van der Waals surface area contributed by atoms with Gasteiger partial charge in [-0.3, -0.25) is 19.7 Å². The quantitative estimate of drug-likeness (QED) is 0.514. The summed E-state index contributed by atoms with van der Waals surface area (Å²) in [5.41, 5.74) is 1.09. The second-order valence-corrected chi connectivity index (χ2v) is 5.20. The zero-order valence-electron chi connectivity index (χ0n) is 14.2. The first kappa shape index (κ1) is 18.7. The van der Waals surface area contributed by atoms with Crippen LogP contribution in [-0.2, 0) is 4.79 Å². The summed E-state index contributed by atoms with van der Waals surface area (Å²) in [6.45, 7) is -0.137. The monoisotopic (exact) mass is 358 g/mol. The van der Waals surface area contributed by atoms with Gasteiger partial charge in [-0.2, -0.15) is 0 Å². The number of non-ortho nitro benzene ring substituents is 1. The largest absolute Gasteiger partial charge is 0.495 e. The summed E-state index contributed by atoms with van der Waals surface area (Å²) >= 11 is 0. The standard InChI is InChI=1S/C17H18N4O5/c1-18-17(23)11-4-3-5-12(8-11)20-16(22)10-19-14-9-13(21(24)25)6-7-15(14)26-2/h3-9,19H,10H2,1-2H3,(H,18,23)(H,20,22). The van der Waals surface area contributed by atoms with Gasteiger partial charge in [0, 0.05) is 30.4 Å². The lowest BCUT2D eigenvalue weighted by molar-refractivity contribution is -0.384. The maximum absolute atomic E-state index is 12.1. The summed E-state index contributed by atoms with van der Waals surface area (Å²) in [6, 6.07) is 10.5. The highest BCUT2D eigenvalue weighted by Gasteiger charge is 2.12. The number of methoxy groups -OCH3 is 1.